The molecule has 136 valence electrons. The van der Waals surface area contributed by atoms with Crippen LogP contribution in [0.25, 0.3) is 0 Å². The van der Waals surface area contributed by atoms with Crippen LogP contribution in [0.1, 0.15) is 27.4 Å². The van der Waals surface area contributed by atoms with Crippen LogP contribution < -0.4 is 11.1 Å². The van der Waals surface area contributed by atoms with Crippen LogP contribution in [-0.2, 0) is 4.79 Å². The van der Waals surface area contributed by atoms with Gasteiger partial charge in [-0.1, -0.05) is 60.7 Å². The first-order valence-electron chi connectivity index (χ1n) is 8.52. The summed E-state index contributed by atoms with van der Waals surface area (Å²) in [5.74, 6) is -2.03. The Balaban J connectivity index is 1.97. The van der Waals surface area contributed by atoms with Crippen molar-refractivity contribution in [3.63, 3.8) is 0 Å². The Morgan fingerprint density at radius 2 is 1.26 bits per heavy atom. The fourth-order valence-electron chi connectivity index (χ4n) is 3.04. The molecule has 3 N–H and O–H groups in total. The molecule has 0 spiro atoms. The summed E-state index contributed by atoms with van der Waals surface area (Å²) in [6.07, 6.45) is 0. The van der Waals surface area contributed by atoms with Crippen LogP contribution in [-0.4, -0.2) is 17.9 Å². The van der Waals surface area contributed by atoms with Gasteiger partial charge in [0.15, 0.2) is 0 Å². The topological polar surface area (TPSA) is 72.2 Å². The van der Waals surface area contributed by atoms with E-state index in [2.05, 4.69) is 5.32 Å². The Morgan fingerprint density at radius 1 is 0.778 bits per heavy atom. The van der Waals surface area contributed by atoms with Crippen LogP contribution in [0, 0.1) is 5.82 Å². The molecule has 4 nitrogen and oxygen atoms in total. The molecule has 5 heteroatoms. The minimum absolute atomic E-state index is 0.252. The SMILES string of the molecule is NC(=O)[C@@H](NC(=O)c1ccc(F)cc1)C(c1ccccc1)c1ccccc1. The van der Waals surface area contributed by atoms with E-state index in [0.717, 1.165) is 11.1 Å². The summed E-state index contributed by atoms with van der Waals surface area (Å²) in [6.45, 7) is 0. The van der Waals surface area contributed by atoms with E-state index in [9.17, 15) is 14.0 Å². The van der Waals surface area contributed by atoms with Gasteiger partial charge in [-0.15, -0.1) is 0 Å². The average molecular weight is 362 g/mol. The maximum atomic E-state index is 13.1. The van der Waals surface area contributed by atoms with Crippen molar-refractivity contribution in [2.45, 2.75) is 12.0 Å². The average Bonchev–Trinajstić information content (AvgIpc) is 2.69. The number of carbonyl (C=O) groups is 2. The van der Waals surface area contributed by atoms with Gasteiger partial charge < -0.3 is 11.1 Å². The van der Waals surface area contributed by atoms with Gasteiger partial charge in [0, 0.05) is 11.5 Å². The van der Waals surface area contributed by atoms with Crippen molar-refractivity contribution in [2.75, 3.05) is 0 Å². The Kier molecular flexibility index (Phi) is 5.61. The highest BCUT2D eigenvalue weighted by molar-refractivity contribution is 5.97. The molecule has 0 bridgehead atoms. The van der Waals surface area contributed by atoms with Gasteiger partial charge in [0.25, 0.3) is 5.91 Å². The van der Waals surface area contributed by atoms with Crippen molar-refractivity contribution in [1.82, 2.24) is 5.32 Å². The molecule has 0 fully saturated rings. The van der Waals surface area contributed by atoms with Gasteiger partial charge in [0.1, 0.15) is 11.9 Å². The number of benzene rings is 3. The number of hydrogen-bond acceptors (Lipinski definition) is 2. The first-order chi connectivity index (χ1) is 13.1. The third-order valence-corrected chi connectivity index (χ3v) is 4.35. The molecule has 27 heavy (non-hydrogen) atoms. The Morgan fingerprint density at radius 3 is 1.70 bits per heavy atom. The van der Waals surface area contributed by atoms with Crippen LogP contribution in [0.2, 0.25) is 0 Å². The predicted octanol–water partition coefficient (Wildman–Crippen LogP) is 3.24. The summed E-state index contributed by atoms with van der Waals surface area (Å²) in [6, 6.07) is 22.9. The molecule has 0 saturated carbocycles. The normalized spacial score (nSPS) is 11.8. The molecule has 0 radical (unpaired) electrons. The van der Waals surface area contributed by atoms with Crippen LogP contribution in [0.4, 0.5) is 4.39 Å². The van der Waals surface area contributed by atoms with E-state index in [1.165, 1.54) is 24.3 Å². The Labute approximate surface area is 156 Å². The third-order valence-electron chi connectivity index (χ3n) is 4.35. The first-order valence-corrected chi connectivity index (χ1v) is 8.52. The quantitative estimate of drug-likeness (QED) is 0.707. The zero-order chi connectivity index (χ0) is 19.2. The van der Waals surface area contributed by atoms with Gasteiger partial charge >= 0.3 is 0 Å². The molecule has 2 amide bonds. The maximum Gasteiger partial charge on any atom is 0.251 e. The maximum absolute atomic E-state index is 13.1. The second-order valence-corrected chi connectivity index (χ2v) is 6.16. The molecule has 3 aromatic carbocycles. The van der Waals surface area contributed by atoms with Crippen molar-refractivity contribution in [1.29, 1.82) is 0 Å². The second kappa shape index (κ2) is 8.27. The highest BCUT2D eigenvalue weighted by atomic mass is 19.1. The van der Waals surface area contributed by atoms with Crippen molar-refractivity contribution < 1.29 is 14.0 Å². The van der Waals surface area contributed by atoms with E-state index >= 15 is 0 Å². The highest BCUT2D eigenvalue weighted by Gasteiger charge is 2.31. The van der Waals surface area contributed by atoms with Gasteiger partial charge in [-0.25, -0.2) is 4.39 Å². The standard InChI is InChI=1S/C22H19FN2O2/c23-18-13-11-17(12-14-18)22(27)25-20(21(24)26)19(15-7-3-1-4-8-15)16-9-5-2-6-10-16/h1-14,19-20H,(H2,24,26)(H,25,27)/t20-/m0/s1. The van der Waals surface area contributed by atoms with Crippen molar-refractivity contribution in [2.24, 2.45) is 5.73 Å². The predicted molar refractivity (Wildman–Crippen MR) is 102 cm³/mol. The number of nitrogens with two attached hydrogens (primary N) is 1. The van der Waals surface area contributed by atoms with E-state index in [0.29, 0.717) is 0 Å². The van der Waals surface area contributed by atoms with Gasteiger partial charge in [-0.2, -0.15) is 0 Å². The van der Waals surface area contributed by atoms with Crippen LogP contribution in [0.5, 0.6) is 0 Å². The molecule has 0 aliphatic heterocycles. The van der Waals surface area contributed by atoms with Gasteiger partial charge in [0.05, 0.1) is 0 Å². The first kappa shape index (κ1) is 18.3. The molecule has 0 saturated heterocycles. The number of rotatable bonds is 6. The lowest BCUT2D eigenvalue weighted by Gasteiger charge is -2.27. The lowest BCUT2D eigenvalue weighted by atomic mass is 9.84. The molecule has 0 aliphatic rings. The largest absolute Gasteiger partial charge is 0.368 e. The summed E-state index contributed by atoms with van der Waals surface area (Å²) in [5, 5.41) is 2.71. The van der Waals surface area contributed by atoms with Crippen LogP contribution in [0.3, 0.4) is 0 Å². The molecule has 0 aliphatic carbocycles. The van der Waals surface area contributed by atoms with Crippen molar-refractivity contribution in [3.8, 4) is 0 Å². The van der Waals surface area contributed by atoms with Crippen molar-refractivity contribution >= 4 is 11.8 Å². The number of amides is 2. The third kappa shape index (κ3) is 4.39. The Bertz CT molecular complexity index is 873. The summed E-state index contributed by atoms with van der Waals surface area (Å²) in [5.41, 5.74) is 7.61. The highest BCUT2D eigenvalue weighted by Crippen LogP contribution is 2.28. The number of hydrogen-bond donors (Lipinski definition) is 2. The summed E-state index contributed by atoms with van der Waals surface area (Å²) in [4.78, 5) is 24.9. The smallest absolute Gasteiger partial charge is 0.251 e. The summed E-state index contributed by atoms with van der Waals surface area (Å²) < 4.78 is 13.1. The second-order valence-electron chi connectivity index (χ2n) is 6.16. The van der Waals surface area contributed by atoms with E-state index in [-0.39, 0.29) is 5.56 Å². The summed E-state index contributed by atoms with van der Waals surface area (Å²) in [7, 11) is 0. The molecule has 1 atom stereocenters. The summed E-state index contributed by atoms with van der Waals surface area (Å²) >= 11 is 0. The molecule has 3 rings (SSSR count). The molecule has 0 heterocycles. The molecular weight excluding hydrogens is 343 g/mol. The van der Waals surface area contributed by atoms with E-state index in [4.69, 9.17) is 5.73 Å². The molecule has 3 aromatic rings. The van der Waals surface area contributed by atoms with Crippen LogP contribution >= 0.6 is 0 Å². The number of nitrogens with one attached hydrogen (secondary N) is 1. The molecule has 0 aromatic heterocycles. The monoisotopic (exact) mass is 362 g/mol. The molecular formula is C22H19FN2O2. The lowest BCUT2D eigenvalue weighted by Crippen LogP contribution is -2.48. The zero-order valence-electron chi connectivity index (χ0n) is 14.5. The van der Waals surface area contributed by atoms with E-state index < -0.39 is 29.6 Å². The van der Waals surface area contributed by atoms with Gasteiger partial charge in [0.2, 0.25) is 5.91 Å². The minimum Gasteiger partial charge on any atom is -0.368 e. The van der Waals surface area contributed by atoms with E-state index in [1.807, 2.05) is 60.7 Å². The fraction of sp³-hybridized carbons (Fsp3) is 0.0909. The van der Waals surface area contributed by atoms with Crippen molar-refractivity contribution in [3.05, 3.63) is 107 Å². The number of halogens is 1. The zero-order valence-corrected chi connectivity index (χ0v) is 14.5. The van der Waals surface area contributed by atoms with Gasteiger partial charge in [-0.3, -0.25) is 9.59 Å². The number of carbonyl (C=O) groups excluding carboxylic acids is 2. The number of primary amides is 1. The molecule has 0 unspecified atom stereocenters. The van der Waals surface area contributed by atoms with E-state index in [1.54, 1.807) is 0 Å². The Hall–Kier alpha value is -3.47. The lowest BCUT2D eigenvalue weighted by molar-refractivity contribution is -0.120. The van der Waals surface area contributed by atoms with Gasteiger partial charge in [-0.05, 0) is 35.4 Å². The fourth-order valence-corrected chi connectivity index (χ4v) is 3.04. The van der Waals surface area contributed by atoms with Crippen LogP contribution in [0.15, 0.2) is 84.9 Å². The minimum atomic E-state index is -0.965.